The van der Waals surface area contributed by atoms with Gasteiger partial charge in [-0.15, -0.1) is 0 Å². The van der Waals surface area contributed by atoms with Gasteiger partial charge in [-0.05, 0) is 30.5 Å². The summed E-state index contributed by atoms with van der Waals surface area (Å²) in [7, 11) is 0. The Morgan fingerprint density at radius 3 is 2.05 bits per heavy atom. The van der Waals surface area contributed by atoms with Gasteiger partial charge in [0.25, 0.3) is 0 Å². The zero-order chi connectivity index (χ0) is 15.4. The van der Waals surface area contributed by atoms with E-state index in [0.29, 0.717) is 18.5 Å². The first-order valence-electron chi connectivity index (χ1n) is 6.82. The predicted molar refractivity (Wildman–Crippen MR) is 69.9 cm³/mol. The minimum atomic E-state index is -1.29. The number of carbonyl (C=O) groups excluding carboxylic acids is 3. The van der Waals surface area contributed by atoms with Crippen LogP contribution in [-0.4, -0.2) is 17.8 Å². The molecule has 0 saturated heterocycles. The van der Waals surface area contributed by atoms with E-state index in [0.717, 1.165) is 12.8 Å². The number of hydrogen-bond acceptors (Lipinski definition) is 5. The average Bonchev–Trinajstić information content (AvgIpc) is 2.47. The van der Waals surface area contributed by atoms with Crippen molar-refractivity contribution in [3.05, 3.63) is 29.8 Å². The second kappa shape index (κ2) is 6.39. The van der Waals surface area contributed by atoms with Gasteiger partial charge in [0.05, 0.1) is 5.97 Å². The highest BCUT2D eigenvalue weighted by Gasteiger charge is 2.31. The van der Waals surface area contributed by atoms with E-state index in [4.69, 9.17) is 0 Å². The standard InChI is InChI=1S/C15H17NO5/c17-13(11-3-1-2-4-12(11)15(20)21)16-10-7-5-9(6-8-10)14(18)19/h5-8,11-12H,1-4H2,(H,16,17)(H,18,19)(H,20,21)/p-2. The zero-order valence-electron chi connectivity index (χ0n) is 11.3. The molecular formula is C15H15NO5-2. The van der Waals surface area contributed by atoms with Gasteiger partial charge >= 0.3 is 0 Å². The average molecular weight is 289 g/mol. The molecule has 1 N–H and O–H groups in total. The minimum Gasteiger partial charge on any atom is -0.550 e. The Bertz CT molecular complexity index is 552. The number of aliphatic carboxylic acids is 1. The third-order valence-electron chi connectivity index (χ3n) is 3.79. The molecule has 6 heteroatoms. The first kappa shape index (κ1) is 15.0. The van der Waals surface area contributed by atoms with Crippen LogP contribution in [0, 0.1) is 11.8 Å². The molecular weight excluding hydrogens is 274 g/mol. The Balaban J connectivity index is 2.05. The lowest BCUT2D eigenvalue weighted by molar-refractivity contribution is -0.313. The van der Waals surface area contributed by atoms with E-state index in [1.54, 1.807) is 0 Å². The molecule has 0 heterocycles. The SMILES string of the molecule is O=C([O-])c1ccc(NC(=O)C2CCCCC2C(=O)[O-])cc1. The number of anilines is 1. The molecule has 1 saturated carbocycles. The zero-order valence-corrected chi connectivity index (χ0v) is 11.3. The second-order valence-corrected chi connectivity index (χ2v) is 5.17. The van der Waals surface area contributed by atoms with Crippen molar-refractivity contribution in [1.82, 2.24) is 0 Å². The number of hydrogen-bond donors (Lipinski definition) is 1. The van der Waals surface area contributed by atoms with Crippen molar-refractivity contribution in [2.75, 3.05) is 5.32 Å². The Morgan fingerprint density at radius 2 is 1.52 bits per heavy atom. The van der Waals surface area contributed by atoms with Gasteiger partial charge in [0.2, 0.25) is 5.91 Å². The van der Waals surface area contributed by atoms with Crippen LogP contribution in [0.1, 0.15) is 36.0 Å². The van der Waals surface area contributed by atoms with Gasteiger partial charge in [-0.3, -0.25) is 4.79 Å². The number of rotatable bonds is 4. The van der Waals surface area contributed by atoms with E-state index in [9.17, 15) is 24.6 Å². The van der Waals surface area contributed by atoms with Gasteiger partial charge in [-0.25, -0.2) is 0 Å². The molecule has 1 fully saturated rings. The normalized spacial score (nSPS) is 21.5. The van der Waals surface area contributed by atoms with Gasteiger partial charge in [0.15, 0.2) is 0 Å². The molecule has 2 atom stereocenters. The highest BCUT2D eigenvalue weighted by atomic mass is 16.4. The van der Waals surface area contributed by atoms with Gasteiger partial charge in [-0.1, -0.05) is 25.0 Å². The second-order valence-electron chi connectivity index (χ2n) is 5.17. The number of amides is 1. The monoisotopic (exact) mass is 289 g/mol. The lowest BCUT2D eigenvalue weighted by atomic mass is 9.78. The molecule has 2 unspecified atom stereocenters. The molecule has 1 aromatic carbocycles. The van der Waals surface area contributed by atoms with Crippen molar-refractivity contribution >= 4 is 23.5 Å². The van der Waals surface area contributed by atoms with Crippen LogP contribution in [-0.2, 0) is 9.59 Å². The highest BCUT2D eigenvalue weighted by Crippen LogP contribution is 2.30. The molecule has 21 heavy (non-hydrogen) atoms. The molecule has 2 rings (SSSR count). The van der Waals surface area contributed by atoms with Gasteiger partial charge in [0, 0.05) is 23.5 Å². The number of carboxylic acid groups (broad SMARTS) is 2. The highest BCUT2D eigenvalue weighted by molar-refractivity contribution is 5.95. The molecule has 1 aromatic rings. The van der Waals surface area contributed by atoms with Crippen LogP contribution in [0.15, 0.2) is 24.3 Å². The fourth-order valence-corrected chi connectivity index (χ4v) is 2.65. The van der Waals surface area contributed by atoms with Crippen LogP contribution in [0.2, 0.25) is 0 Å². The number of nitrogens with one attached hydrogen (secondary N) is 1. The molecule has 0 aromatic heterocycles. The largest absolute Gasteiger partial charge is 0.550 e. The summed E-state index contributed by atoms with van der Waals surface area (Å²) in [6.07, 6.45) is 2.56. The Hall–Kier alpha value is -2.37. The summed E-state index contributed by atoms with van der Waals surface area (Å²) in [6.45, 7) is 0. The van der Waals surface area contributed by atoms with Gasteiger partial charge < -0.3 is 25.1 Å². The van der Waals surface area contributed by atoms with Crippen LogP contribution in [0.5, 0.6) is 0 Å². The van der Waals surface area contributed by atoms with Crippen LogP contribution < -0.4 is 15.5 Å². The molecule has 0 bridgehead atoms. The van der Waals surface area contributed by atoms with E-state index in [-0.39, 0.29) is 11.5 Å². The predicted octanol–water partition coefficient (Wildman–Crippen LogP) is -0.455. The van der Waals surface area contributed by atoms with E-state index >= 15 is 0 Å². The Kier molecular flexibility index (Phi) is 4.57. The first-order valence-corrected chi connectivity index (χ1v) is 6.82. The van der Waals surface area contributed by atoms with Crippen LogP contribution in [0.3, 0.4) is 0 Å². The topological polar surface area (TPSA) is 109 Å². The summed E-state index contributed by atoms with van der Waals surface area (Å²) in [6, 6.07) is 5.53. The molecule has 112 valence electrons. The maximum Gasteiger partial charge on any atom is 0.228 e. The van der Waals surface area contributed by atoms with E-state index in [1.165, 1.54) is 24.3 Å². The van der Waals surface area contributed by atoms with Crippen LogP contribution in [0.4, 0.5) is 5.69 Å². The van der Waals surface area contributed by atoms with E-state index in [1.807, 2.05) is 0 Å². The van der Waals surface area contributed by atoms with Crippen LogP contribution in [0.25, 0.3) is 0 Å². The smallest absolute Gasteiger partial charge is 0.228 e. The van der Waals surface area contributed by atoms with E-state index in [2.05, 4.69) is 5.32 Å². The van der Waals surface area contributed by atoms with Gasteiger partial charge in [0.1, 0.15) is 0 Å². The summed E-state index contributed by atoms with van der Waals surface area (Å²) < 4.78 is 0. The molecule has 1 aliphatic rings. The molecule has 0 spiro atoms. The number of benzene rings is 1. The molecule has 6 nitrogen and oxygen atoms in total. The van der Waals surface area contributed by atoms with Crippen molar-refractivity contribution in [2.45, 2.75) is 25.7 Å². The van der Waals surface area contributed by atoms with E-state index < -0.39 is 23.8 Å². The number of carboxylic acids is 2. The summed E-state index contributed by atoms with van der Waals surface area (Å²) in [4.78, 5) is 33.9. The lowest BCUT2D eigenvalue weighted by Crippen LogP contribution is -2.42. The molecule has 0 radical (unpaired) electrons. The Morgan fingerprint density at radius 1 is 0.952 bits per heavy atom. The Labute approximate surface area is 121 Å². The van der Waals surface area contributed by atoms with Crippen LogP contribution >= 0.6 is 0 Å². The minimum absolute atomic E-state index is 0.0123. The van der Waals surface area contributed by atoms with Gasteiger partial charge in [-0.2, -0.15) is 0 Å². The maximum atomic E-state index is 12.2. The fourth-order valence-electron chi connectivity index (χ4n) is 2.65. The quantitative estimate of drug-likeness (QED) is 0.807. The third-order valence-corrected chi connectivity index (χ3v) is 3.79. The summed E-state index contributed by atoms with van der Waals surface area (Å²) in [5.74, 6) is -4.23. The molecule has 0 aliphatic heterocycles. The van der Waals surface area contributed by atoms with Crippen molar-refractivity contribution in [3.63, 3.8) is 0 Å². The number of aromatic carboxylic acids is 1. The lowest BCUT2D eigenvalue weighted by Gasteiger charge is -2.31. The number of carbonyl (C=O) groups is 3. The van der Waals surface area contributed by atoms with Crippen molar-refractivity contribution in [1.29, 1.82) is 0 Å². The van der Waals surface area contributed by atoms with Crippen molar-refractivity contribution in [2.24, 2.45) is 11.8 Å². The van der Waals surface area contributed by atoms with Crippen molar-refractivity contribution < 1.29 is 24.6 Å². The van der Waals surface area contributed by atoms with Crippen molar-refractivity contribution in [3.8, 4) is 0 Å². The summed E-state index contributed by atoms with van der Waals surface area (Å²) in [5.41, 5.74) is 0.436. The molecule has 1 aliphatic carbocycles. The summed E-state index contributed by atoms with van der Waals surface area (Å²) in [5, 5.41) is 24.3. The fraction of sp³-hybridized carbons (Fsp3) is 0.400. The molecule has 1 amide bonds. The maximum absolute atomic E-state index is 12.2. The summed E-state index contributed by atoms with van der Waals surface area (Å²) >= 11 is 0. The third kappa shape index (κ3) is 3.59. The first-order chi connectivity index (χ1) is 9.99.